The Morgan fingerprint density at radius 1 is 1.28 bits per heavy atom. The number of amides is 1. The number of aryl methyl sites for hydroxylation is 1. The molecule has 2 aromatic heterocycles. The van der Waals surface area contributed by atoms with Gasteiger partial charge >= 0.3 is 6.18 Å². The number of carbonyl (C=O) groups is 1. The highest BCUT2D eigenvalue weighted by Gasteiger charge is 2.31. The zero-order valence-corrected chi connectivity index (χ0v) is 17.7. The van der Waals surface area contributed by atoms with Crippen molar-refractivity contribution in [2.75, 3.05) is 5.32 Å². The Kier molecular flexibility index (Phi) is 6.48. The van der Waals surface area contributed by atoms with Crippen molar-refractivity contribution < 1.29 is 18.0 Å². The summed E-state index contributed by atoms with van der Waals surface area (Å²) in [5.74, 6) is -0.825. The minimum atomic E-state index is -4.61. The number of anilines is 1. The average molecular weight is 442 g/mol. The minimum absolute atomic E-state index is 0.145. The van der Waals surface area contributed by atoms with Crippen LogP contribution in [0, 0.1) is 25.2 Å². The Labute approximate surface area is 182 Å². The van der Waals surface area contributed by atoms with E-state index in [1.807, 2.05) is 32.9 Å². The highest BCUT2D eigenvalue weighted by atomic mass is 19.4. The third-order valence-electron chi connectivity index (χ3n) is 4.96. The molecule has 2 heterocycles. The van der Waals surface area contributed by atoms with Gasteiger partial charge in [0.2, 0.25) is 0 Å². The summed E-state index contributed by atoms with van der Waals surface area (Å²) in [6.45, 7) is 6.66. The predicted octanol–water partition coefficient (Wildman–Crippen LogP) is 4.66. The van der Waals surface area contributed by atoms with Crippen molar-refractivity contribution >= 4 is 17.7 Å². The molecule has 0 aliphatic rings. The normalized spacial score (nSPS) is 12.0. The van der Waals surface area contributed by atoms with Crippen LogP contribution < -0.4 is 5.32 Å². The van der Waals surface area contributed by atoms with E-state index < -0.39 is 17.6 Å². The van der Waals surface area contributed by atoms with Crippen LogP contribution in [0.25, 0.3) is 11.8 Å². The maximum atomic E-state index is 13.2. The molecule has 166 valence electrons. The first-order valence-corrected chi connectivity index (χ1v) is 9.81. The standard InChI is InChI=1S/C22H21F3N6O/c1-4-7-30-14(2)8-16(15(30)3)9-17(11-26)21(32)29-19-10-18(22(23,24)25)5-6-20(19)31-13-27-12-28-31/h5-6,8-10,12-13H,4,7H2,1-3H3,(H,29,32). The lowest BCUT2D eigenvalue weighted by Crippen LogP contribution is -2.17. The lowest BCUT2D eigenvalue weighted by molar-refractivity contribution is -0.137. The minimum Gasteiger partial charge on any atom is -0.349 e. The van der Waals surface area contributed by atoms with Gasteiger partial charge in [-0.25, -0.2) is 9.67 Å². The number of halogens is 3. The molecule has 1 amide bonds. The van der Waals surface area contributed by atoms with E-state index in [1.165, 1.54) is 29.5 Å². The van der Waals surface area contributed by atoms with Crippen molar-refractivity contribution in [2.45, 2.75) is 39.9 Å². The summed E-state index contributed by atoms with van der Waals surface area (Å²) in [5, 5.41) is 15.9. The summed E-state index contributed by atoms with van der Waals surface area (Å²) in [5.41, 5.74) is 1.44. The summed E-state index contributed by atoms with van der Waals surface area (Å²) < 4.78 is 43.0. The van der Waals surface area contributed by atoms with Crippen molar-refractivity contribution in [3.05, 3.63) is 65.0 Å². The van der Waals surface area contributed by atoms with Crippen molar-refractivity contribution in [1.29, 1.82) is 5.26 Å². The van der Waals surface area contributed by atoms with Crippen molar-refractivity contribution in [2.24, 2.45) is 0 Å². The van der Waals surface area contributed by atoms with Gasteiger partial charge in [0.25, 0.3) is 5.91 Å². The molecular weight excluding hydrogens is 421 g/mol. The van der Waals surface area contributed by atoms with E-state index in [1.54, 1.807) is 0 Å². The number of alkyl halides is 3. The fraction of sp³-hybridized carbons (Fsp3) is 0.273. The number of rotatable bonds is 6. The zero-order chi connectivity index (χ0) is 23.5. The molecule has 10 heteroatoms. The van der Waals surface area contributed by atoms with E-state index in [-0.39, 0.29) is 16.9 Å². The molecule has 0 saturated heterocycles. The van der Waals surface area contributed by atoms with Gasteiger partial charge in [0.1, 0.15) is 24.3 Å². The van der Waals surface area contributed by atoms with Crippen LogP contribution in [0.3, 0.4) is 0 Å². The molecule has 0 fully saturated rings. The number of nitrogens with zero attached hydrogens (tertiary/aromatic N) is 5. The molecule has 0 saturated carbocycles. The van der Waals surface area contributed by atoms with Gasteiger partial charge in [-0.15, -0.1) is 0 Å². The molecule has 0 atom stereocenters. The zero-order valence-electron chi connectivity index (χ0n) is 17.7. The summed E-state index contributed by atoms with van der Waals surface area (Å²) in [7, 11) is 0. The van der Waals surface area contributed by atoms with E-state index in [0.29, 0.717) is 5.56 Å². The second-order valence-corrected chi connectivity index (χ2v) is 7.17. The summed E-state index contributed by atoms with van der Waals surface area (Å²) in [6, 6.07) is 6.57. The van der Waals surface area contributed by atoms with Crippen LogP contribution in [0.1, 0.15) is 35.9 Å². The van der Waals surface area contributed by atoms with Gasteiger partial charge in [-0.3, -0.25) is 4.79 Å². The number of nitrogens with one attached hydrogen (secondary N) is 1. The molecule has 3 aromatic rings. The molecular formula is C22H21F3N6O. The Hall–Kier alpha value is -3.87. The van der Waals surface area contributed by atoms with E-state index in [9.17, 15) is 23.2 Å². The number of hydrogen-bond acceptors (Lipinski definition) is 4. The number of carbonyl (C=O) groups excluding carboxylic acids is 1. The Morgan fingerprint density at radius 3 is 2.62 bits per heavy atom. The van der Waals surface area contributed by atoms with Crippen molar-refractivity contribution in [1.82, 2.24) is 19.3 Å². The van der Waals surface area contributed by atoms with E-state index in [2.05, 4.69) is 20.0 Å². The third-order valence-corrected chi connectivity index (χ3v) is 4.96. The summed E-state index contributed by atoms with van der Waals surface area (Å²) in [6.07, 6.45) is 0.265. The van der Waals surface area contributed by atoms with Gasteiger partial charge in [0, 0.05) is 17.9 Å². The lowest BCUT2D eigenvalue weighted by atomic mass is 10.1. The first kappa shape index (κ1) is 22.8. The Balaban J connectivity index is 1.99. The fourth-order valence-corrected chi connectivity index (χ4v) is 3.38. The van der Waals surface area contributed by atoms with Gasteiger partial charge in [-0.1, -0.05) is 6.92 Å². The first-order chi connectivity index (χ1) is 15.2. The number of hydrogen-bond donors (Lipinski definition) is 1. The molecule has 7 nitrogen and oxygen atoms in total. The number of aromatic nitrogens is 4. The molecule has 0 aliphatic carbocycles. The van der Waals surface area contributed by atoms with Crippen LogP contribution in [0.5, 0.6) is 0 Å². The second-order valence-electron chi connectivity index (χ2n) is 7.17. The number of benzene rings is 1. The molecule has 0 aliphatic heterocycles. The molecule has 0 bridgehead atoms. The molecule has 32 heavy (non-hydrogen) atoms. The maximum absolute atomic E-state index is 13.2. The van der Waals surface area contributed by atoms with Gasteiger partial charge in [-0.2, -0.15) is 23.5 Å². The highest BCUT2D eigenvalue weighted by Crippen LogP contribution is 2.33. The second kappa shape index (κ2) is 9.09. The Morgan fingerprint density at radius 2 is 2.03 bits per heavy atom. The summed E-state index contributed by atoms with van der Waals surface area (Å²) in [4.78, 5) is 16.6. The predicted molar refractivity (Wildman–Crippen MR) is 113 cm³/mol. The van der Waals surface area contributed by atoms with Crippen LogP contribution >= 0.6 is 0 Å². The van der Waals surface area contributed by atoms with Crippen molar-refractivity contribution in [3.8, 4) is 11.8 Å². The molecule has 0 spiro atoms. The topological polar surface area (TPSA) is 88.5 Å². The third kappa shape index (κ3) is 4.72. The molecule has 1 aromatic carbocycles. The van der Waals surface area contributed by atoms with Crippen LogP contribution in [0.4, 0.5) is 18.9 Å². The molecule has 3 rings (SSSR count). The van der Waals surface area contributed by atoms with E-state index >= 15 is 0 Å². The molecule has 0 unspecified atom stereocenters. The number of nitriles is 1. The van der Waals surface area contributed by atoms with Gasteiger partial charge in [0.15, 0.2) is 0 Å². The van der Waals surface area contributed by atoms with Crippen LogP contribution in [0.2, 0.25) is 0 Å². The van der Waals surface area contributed by atoms with Gasteiger partial charge in [0.05, 0.1) is 16.9 Å². The molecule has 0 radical (unpaired) electrons. The Bertz CT molecular complexity index is 1200. The largest absolute Gasteiger partial charge is 0.416 e. The maximum Gasteiger partial charge on any atom is 0.416 e. The molecule has 1 N–H and O–H groups in total. The van der Waals surface area contributed by atoms with Gasteiger partial charge in [-0.05, 0) is 56.2 Å². The quantitative estimate of drug-likeness (QED) is 0.444. The van der Waals surface area contributed by atoms with E-state index in [4.69, 9.17) is 0 Å². The van der Waals surface area contributed by atoms with Crippen LogP contribution in [-0.2, 0) is 17.5 Å². The highest BCUT2D eigenvalue weighted by molar-refractivity contribution is 6.10. The van der Waals surface area contributed by atoms with E-state index in [0.717, 1.165) is 36.5 Å². The monoisotopic (exact) mass is 442 g/mol. The SMILES string of the molecule is CCCn1c(C)cc(C=C(C#N)C(=O)Nc2cc(C(F)(F)F)ccc2-n2cncn2)c1C. The van der Waals surface area contributed by atoms with Crippen LogP contribution in [-0.4, -0.2) is 25.2 Å². The lowest BCUT2D eigenvalue weighted by Gasteiger charge is -2.14. The van der Waals surface area contributed by atoms with Crippen molar-refractivity contribution in [3.63, 3.8) is 0 Å². The summed E-state index contributed by atoms with van der Waals surface area (Å²) >= 11 is 0. The van der Waals surface area contributed by atoms with Crippen LogP contribution in [0.15, 0.2) is 42.5 Å². The fourth-order valence-electron chi connectivity index (χ4n) is 3.38. The average Bonchev–Trinajstić information content (AvgIpc) is 3.36. The van der Waals surface area contributed by atoms with Gasteiger partial charge < -0.3 is 9.88 Å². The first-order valence-electron chi connectivity index (χ1n) is 9.81. The smallest absolute Gasteiger partial charge is 0.349 e.